The van der Waals surface area contributed by atoms with Gasteiger partial charge in [0.25, 0.3) is 0 Å². The van der Waals surface area contributed by atoms with Crippen LogP contribution in [0, 0.1) is 0 Å². The molecule has 0 aliphatic heterocycles. The van der Waals surface area contributed by atoms with E-state index in [0.717, 1.165) is 6.54 Å². The van der Waals surface area contributed by atoms with E-state index in [4.69, 9.17) is 10.3 Å². The fourth-order valence-electron chi connectivity index (χ4n) is 1.99. The highest BCUT2D eigenvalue weighted by Crippen LogP contribution is 2.16. The highest BCUT2D eigenvalue weighted by Gasteiger charge is 2.22. The minimum Gasteiger partial charge on any atom is -0.338 e. The zero-order valence-corrected chi connectivity index (χ0v) is 14.4. The van der Waals surface area contributed by atoms with Gasteiger partial charge in [0.2, 0.25) is 5.89 Å². The molecule has 0 fully saturated rings. The third-order valence-corrected chi connectivity index (χ3v) is 3.34. The number of benzene rings is 1. The molecule has 2 aromatic rings. The van der Waals surface area contributed by atoms with E-state index in [0.29, 0.717) is 24.3 Å². The molecule has 0 saturated heterocycles. The highest BCUT2D eigenvalue weighted by molar-refractivity contribution is 5.85. The zero-order chi connectivity index (χ0) is 15.5. The van der Waals surface area contributed by atoms with Crippen LogP contribution in [0.4, 0.5) is 0 Å². The summed E-state index contributed by atoms with van der Waals surface area (Å²) >= 11 is 0. The van der Waals surface area contributed by atoms with Crippen LogP contribution in [-0.2, 0) is 18.6 Å². The van der Waals surface area contributed by atoms with E-state index in [9.17, 15) is 0 Å². The summed E-state index contributed by atoms with van der Waals surface area (Å²) in [7, 11) is 0. The van der Waals surface area contributed by atoms with Crippen LogP contribution in [0.5, 0.6) is 0 Å². The minimum atomic E-state index is -0.580. The fraction of sp³-hybridized carbons (Fsp3) is 0.500. The Balaban J connectivity index is 0.00000242. The Labute approximate surface area is 138 Å². The summed E-state index contributed by atoms with van der Waals surface area (Å²) in [5.74, 6) is 1.15. The van der Waals surface area contributed by atoms with E-state index in [2.05, 4.69) is 53.2 Å². The van der Waals surface area contributed by atoms with Crippen molar-refractivity contribution < 1.29 is 4.52 Å². The van der Waals surface area contributed by atoms with Crippen LogP contribution in [-0.4, -0.2) is 21.1 Å². The first-order chi connectivity index (χ1) is 9.86. The Morgan fingerprint density at radius 2 is 1.82 bits per heavy atom. The number of nitrogens with zero attached hydrogens (tertiary/aromatic N) is 3. The largest absolute Gasteiger partial charge is 0.338 e. The Bertz CT molecular complexity index is 563. The molecule has 2 rings (SSSR count). The predicted molar refractivity (Wildman–Crippen MR) is 89.6 cm³/mol. The van der Waals surface area contributed by atoms with E-state index in [-0.39, 0.29) is 12.4 Å². The van der Waals surface area contributed by atoms with Crippen LogP contribution in [0.3, 0.4) is 0 Å². The van der Waals surface area contributed by atoms with Crippen molar-refractivity contribution in [2.75, 3.05) is 0 Å². The van der Waals surface area contributed by atoms with Crippen LogP contribution >= 0.6 is 12.4 Å². The summed E-state index contributed by atoms with van der Waals surface area (Å²) < 4.78 is 5.33. The summed E-state index contributed by atoms with van der Waals surface area (Å²) in [4.78, 5) is 6.69. The predicted octanol–water partition coefficient (Wildman–Crippen LogP) is 3.10. The lowest BCUT2D eigenvalue weighted by atomic mass is 10.1. The van der Waals surface area contributed by atoms with Gasteiger partial charge in [-0.25, -0.2) is 0 Å². The summed E-state index contributed by atoms with van der Waals surface area (Å²) in [6.07, 6.45) is 0. The van der Waals surface area contributed by atoms with Crippen molar-refractivity contribution in [3.8, 4) is 0 Å². The molecule has 0 unspecified atom stereocenters. The van der Waals surface area contributed by atoms with Crippen LogP contribution in [0.15, 0.2) is 34.9 Å². The number of hydrogen-bond acceptors (Lipinski definition) is 5. The molecule has 1 heterocycles. The van der Waals surface area contributed by atoms with Crippen molar-refractivity contribution in [1.29, 1.82) is 0 Å². The molecule has 0 aliphatic carbocycles. The maximum absolute atomic E-state index is 5.99. The van der Waals surface area contributed by atoms with Crippen LogP contribution in [0.25, 0.3) is 0 Å². The van der Waals surface area contributed by atoms with Gasteiger partial charge in [-0.1, -0.05) is 35.5 Å². The molecule has 0 aliphatic rings. The molecule has 122 valence electrons. The molecule has 6 heteroatoms. The first kappa shape index (κ1) is 18.6. The number of nitrogens with two attached hydrogens (primary N) is 1. The van der Waals surface area contributed by atoms with Gasteiger partial charge in [-0.05, 0) is 33.3 Å². The summed E-state index contributed by atoms with van der Waals surface area (Å²) in [6.45, 7) is 9.52. The van der Waals surface area contributed by atoms with Gasteiger partial charge in [-0.2, -0.15) is 4.98 Å². The molecule has 0 radical (unpaired) electrons. The van der Waals surface area contributed by atoms with Crippen LogP contribution in [0.1, 0.15) is 45.0 Å². The van der Waals surface area contributed by atoms with E-state index in [1.807, 2.05) is 19.9 Å². The third kappa shape index (κ3) is 5.09. The molecule has 0 atom stereocenters. The standard InChI is InChI=1S/C16H24N4O.ClH/c1-12(2)20(10-13-8-6-5-7-9-13)11-14-18-15(19-21-14)16(3,4)17;/h5-9,12H,10-11,17H2,1-4H3;1H. The van der Waals surface area contributed by atoms with Gasteiger partial charge < -0.3 is 10.3 Å². The second-order valence-electron chi connectivity index (χ2n) is 6.22. The normalized spacial score (nSPS) is 11.8. The van der Waals surface area contributed by atoms with Crippen molar-refractivity contribution in [2.45, 2.75) is 52.4 Å². The molecular formula is C16H25ClN4O. The van der Waals surface area contributed by atoms with Gasteiger partial charge in [-0.15, -0.1) is 12.4 Å². The van der Waals surface area contributed by atoms with E-state index in [1.165, 1.54) is 5.56 Å². The lowest BCUT2D eigenvalue weighted by Crippen LogP contribution is -2.31. The van der Waals surface area contributed by atoms with Gasteiger partial charge >= 0.3 is 0 Å². The maximum Gasteiger partial charge on any atom is 0.240 e. The molecule has 1 aromatic carbocycles. The smallest absolute Gasteiger partial charge is 0.240 e. The average Bonchev–Trinajstić information content (AvgIpc) is 2.87. The molecule has 2 N–H and O–H groups in total. The average molecular weight is 325 g/mol. The number of rotatable bonds is 6. The van der Waals surface area contributed by atoms with Gasteiger partial charge in [0, 0.05) is 12.6 Å². The van der Waals surface area contributed by atoms with Gasteiger partial charge in [-0.3, -0.25) is 4.90 Å². The summed E-state index contributed by atoms with van der Waals surface area (Å²) in [6, 6.07) is 10.8. The molecule has 5 nitrogen and oxygen atoms in total. The Hall–Kier alpha value is -1.43. The molecule has 0 bridgehead atoms. The van der Waals surface area contributed by atoms with Crippen molar-refractivity contribution in [1.82, 2.24) is 15.0 Å². The van der Waals surface area contributed by atoms with Crippen LogP contribution in [0.2, 0.25) is 0 Å². The number of aromatic nitrogens is 2. The minimum absolute atomic E-state index is 0. The van der Waals surface area contributed by atoms with Crippen molar-refractivity contribution in [2.24, 2.45) is 5.73 Å². The summed E-state index contributed by atoms with van der Waals surface area (Å²) in [5.41, 5.74) is 6.67. The Kier molecular flexibility index (Phi) is 6.53. The first-order valence-corrected chi connectivity index (χ1v) is 7.26. The van der Waals surface area contributed by atoms with Crippen molar-refractivity contribution in [3.63, 3.8) is 0 Å². The highest BCUT2D eigenvalue weighted by atomic mass is 35.5. The maximum atomic E-state index is 5.99. The topological polar surface area (TPSA) is 68.2 Å². The third-order valence-electron chi connectivity index (χ3n) is 3.34. The SMILES string of the molecule is CC(C)N(Cc1ccccc1)Cc1nc(C(C)(C)N)no1.Cl. The zero-order valence-electron chi connectivity index (χ0n) is 13.6. The lowest BCUT2D eigenvalue weighted by Gasteiger charge is -2.24. The Morgan fingerprint density at radius 3 is 2.32 bits per heavy atom. The lowest BCUT2D eigenvalue weighted by molar-refractivity contribution is 0.176. The quantitative estimate of drug-likeness (QED) is 0.884. The molecular weight excluding hydrogens is 300 g/mol. The van der Waals surface area contributed by atoms with Gasteiger partial charge in [0.1, 0.15) is 0 Å². The van der Waals surface area contributed by atoms with Crippen molar-refractivity contribution in [3.05, 3.63) is 47.6 Å². The van der Waals surface area contributed by atoms with Gasteiger partial charge in [0.15, 0.2) is 5.82 Å². The molecule has 0 saturated carbocycles. The molecule has 1 aromatic heterocycles. The van der Waals surface area contributed by atoms with E-state index in [1.54, 1.807) is 0 Å². The van der Waals surface area contributed by atoms with E-state index >= 15 is 0 Å². The monoisotopic (exact) mass is 324 g/mol. The molecule has 0 spiro atoms. The first-order valence-electron chi connectivity index (χ1n) is 7.26. The molecule has 22 heavy (non-hydrogen) atoms. The van der Waals surface area contributed by atoms with E-state index < -0.39 is 5.54 Å². The second kappa shape index (κ2) is 7.72. The fourth-order valence-corrected chi connectivity index (χ4v) is 1.99. The van der Waals surface area contributed by atoms with Crippen molar-refractivity contribution >= 4 is 12.4 Å². The second-order valence-corrected chi connectivity index (χ2v) is 6.22. The number of hydrogen-bond donors (Lipinski definition) is 1. The number of halogens is 1. The Morgan fingerprint density at radius 1 is 1.18 bits per heavy atom. The summed E-state index contributed by atoms with van der Waals surface area (Å²) in [5, 5.41) is 3.97. The molecule has 0 amide bonds. The van der Waals surface area contributed by atoms with Gasteiger partial charge in [0.05, 0.1) is 12.1 Å². The van der Waals surface area contributed by atoms with Crippen LogP contribution < -0.4 is 5.73 Å².